The molecule has 37 heavy (non-hydrogen) atoms. The van der Waals surface area contributed by atoms with Crippen LogP contribution in [0.4, 0.5) is 5.69 Å². The van der Waals surface area contributed by atoms with Crippen LogP contribution in [0.15, 0.2) is 64.4 Å². The summed E-state index contributed by atoms with van der Waals surface area (Å²) in [5.74, 6) is -2.25. The number of anilines is 1. The maximum atomic E-state index is 13.9. The Morgan fingerprint density at radius 2 is 1.65 bits per heavy atom. The predicted molar refractivity (Wildman–Crippen MR) is 144 cm³/mol. The minimum absolute atomic E-state index is 0.0499. The minimum atomic E-state index is -0.713. The van der Waals surface area contributed by atoms with Crippen molar-refractivity contribution in [3.8, 4) is 0 Å². The summed E-state index contributed by atoms with van der Waals surface area (Å²) in [6, 6.07) is 17.0. The number of hydrogen-bond donors (Lipinski definition) is 0. The number of para-hydroxylation sites is 1. The second kappa shape index (κ2) is 9.61. The van der Waals surface area contributed by atoms with Gasteiger partial charge in [-0.25, -0.2) is 4.90 Å². The van der Waals surface area contributed by atoms with Crippen LogP contribution in [0.5, 0.6) is 0 Å². The number of imide groups is 1. The number of thioether (sulfide) groups is 1. The van der Waals surface area contributed by atoms with Crippen molar-refractivity contribution < 1.29 is 19.1 Å². The van der Waals surface area contributed by atoms with E-state index in [-0.39, 0.29) is 35.3 Å². The molecule has 1 aromatic heterocycles. The van der Waals surface area contributed by atoms with Crippen molar-refractivity contribution in [2.45, 2.75) is 55.8 Å². The highest BCUT2D eigenvalue weighted by Crippen LogP contribution is 2.54. The van der Waals surface area contributed by atoms with Crippen LogP contribution in [-0.4, -0.2) is 34.2 Å². The third-order valence-corrected chi connectivity index (χ3v) is 9.40. The van der Waals surface area contributed by atoms with Crippen molar-refractivity contribution in [2.75, 3.05) is 11.5 Å². The molecule has 3 heterocycles. The second-order valence-corrected chi connectivity index (χ2v) is 12.3. The van der Waals surface area contributed by atoms with Gasteiger partial charge in [0.25, 0.3) is 0 Å². The number of aromatic nitrogens is 1. The highest BCUT2D eigenvalue weighted by Gasteiger charge is 2.56. The number of benzene rings is 2. The number of carbonyl (C=O) groups is 3. The van der Waals surface area contributed by atoms with Crippen LogP contribution < -0.4 is 9.77 Å². The maximum Gasteiger partial charge on any atom is 0.326 e. The first kappa shape index (κ1) is 25.5. The molecule has 2 amide bonds. The summed E-state index contributed by atoms with van der Waals surface area (Å²) in [7, 11) is 0. The summed E-state index contributed by atoms with van der Waals surface area (Å²) >= 11 is 2.24. The van der Waals surface area contributed by atoms with Gasteiger partial charge in [-0.15, -0.1) is 0 Å². The van der Waals surface area contributed by atoms with Gasteiger partial charge in [0.15, 0.2) is 0 Å². The lowest BCUT2D eigenvalue weighted by Gasteiger charge is -2.31. The third kappa shape index (κ3) is 4.44. The number of ether oxygens (including phenoxy) is 1. The topological polar surface area (TPSA) is 85.7 Å². The molecule has 2 aliphatic heterocycles. The van der Waals surface area contributed by atoms with Crippen LogP contribution in [0.25, 0.3) is 0 Å². The molecular weight excluding hydrogens is 508 g/mol. The second-order valence-electron chi connectivity index (χ2n) is 10.2. The molecule has 1 fully saturated rings. The van der Waals surface area contributed by atoms with Crippen LogP contribution in [0.1, 0.15) is 49.6 Å². The van der Waals surface area contributed by atoms with Gasteiger partial charge in [0.05, 0.1) is 23.2 Å². The molecule has 0 spiro atoms. The lowest BCUT2D eigenvalue weighted by Crippen LogP contribution is -2.32. The quantitative estimate of drug-likeness (QED) is 0.351. The smallest absolute Gasteiger partial charge is 0.326 e. The number of carbonyl (C=O) groups excluding carboxylic acids is 3. The molecule has 0 saturated carbocycles. The van der Waals surface area contributed by atoms with E-state index in [0.717, 1.165) is 22.5 Å². The van der Waals surface area contributed by atoms with Crippen molar-refractivity contribution >= 4 is 46.6 Å². The Morgan fingerprint density at radius 1 is 0.973 bits per heavy atom. The Morgan fingerprint density at radius 3 is 2.27 bits per heavy atom. The van der Waals surface area contributed by atoms with Gasteiger partial charge in [0, 0.05) is 10.8 Å². The monoisotopic (exact) mass is 536 g/mol. The maximum absolute atomic E-state index is 13.9. The van der Waals surface area contributed by atoms with Crippen molar-refractivity contribution in [3.63, 3.8) is 0 Å². The standard InChI is InChI=1S/C28H28N2O5S2/c1-5-35-19(31)15-29-26-23(37-27(29)34)20(16-11-13-17(14-12-16)28(2,3)4)21-22(36-26)25(33)30(24(21)32)18-9-7-6-8-10-18/h6-14,20-22H,5,15H2,1-4H3/t20-,21?,22?/m1/s1. The minimum Gasteiger partial charge on any atom is -0.465 e. The van der Waals surface area contributed by atoms with Gasteiger partial charge >= 0.3 is 10.8 Å². The molecule has 2 aliphatic rings. The Hall–Kier alpha value is -3.17. The number of nitrogens with zero attached hydrogens (tertiary/aromatic N) is 2. The number of amides is 2. The first-order chi connectivity index (χ1) is 17.6. The zero-order valence-corrected chi connectivity index (χ0v) is 22.7. The van der Waals surface area contributed by atoms with Crippen LogP contribution in [0.2, 0.25) is 0 Å². The summed E-state index contributed by atoms with van der Waals surface area (Å²) in [6.45, 7) is 8.08. The van der Waals surface area contributed by atoms with Crippen LogP contribution in [0, 0.1) is 5.92 Å². The van der Waals surface area contributed by atoms with Crippen LogP contribution >= 0.6 is 23.1 Å². The average molecular weight is 537 g/mol. The van der Waals surface area contributed by atoms with E-state index in [1.807, 2.05) is 30.3 Å². The molecule has 192 valence electrons. The average Bonchev–Trinajstić information content (AvgIpc) is 3.30. The molecule has 0 bridgehead atoms. The summed E-state index contributed by atoms with van der Waals surface area (Å²) in [5, 5.41) is -0.153. The number of hydrogen-bond acceptors (Lipinski definition) is 7. The van der Waals surface area contributed by atoms with Gasteiger partial charge in [-0.05, 0) is 35.6 Å². The number of esters is 1. The van der Waals surface area contributed by atoms with Crippen molar-refractivity contribution in [2.24, 2.45) is 5.92 Å². The normalized spacial score (nSPS) is 21.1. The van der Waals surface area contributed by atoms with Gasteiger partial charge in [0.2, 0.25) is 11.8 Å². The Bertz CT molecular complexity index is 1420. The van der Waals surface area contributed by atoms with E-state index in [2.05, 4.69) is 20.8 Å². The summed E-state index contributed by atoms with van der Waals surface area (Å²) in [6.07, 6.45) is 0. The highest BCUT2D eigenvalue weighted by molar-refractivity contribution is 8.00. The fourth-order valence-electron chi connectivity index (χ4n) is 4.97. The first-order valence-corrected chi connectivity index (χ1v) is 13.9. The molecule has 0 radical (unpaired) electrons. The zero-order valence-electron chi connectivity index (χ0n) is 21.1. The first-order valence-electron chi connectivity index (χ1n) is 12.2. The highest BCUT2D eigenvalue weighted by atomic mass is 32.2. The Balaban J connectivity index is 1.64. The molecule has 5 rings (SSSR count). The largest absolute Gasteiger partial charge is 0.465 e. The van der Waals surface area contributed by atoms with Gasteiger partial charge in [-0.1, -0.05) is 86.3 Å². The fourth-order valence-corrected chi connectivity index (χ4v) is 7.75. The van der Waals surface area contributed by atoms with E-state index in [4.69, 9.17) is 4.74 Å². The van der Waals surface area contributed by atoms with Crippen molar-refractivity contribution in [1.82, 2.24) is 4.57 Å². The Labute approximate surface area is 223 Å². The van der Waals surface area contributed by atoms with Crippen molar-refractivity contribution in [1.29, 1.82) is 0 Å². The third-order valence-electron chi connectivity index (χ3n) is 6.79. The van der Waals surface area contributed by atoms with E-state index in [1.165, 1.54) is 21.2 Å². The predicted octanol–water partition coefficient (Wildman–Crippen LogP) is 4.57. The SMILES string of the molecule is CCOC(=O)Cn1c2c(sc1=O)[C@H](c1ccc(C(C)(C)C)cc1)C1C(=O)N(c3ccccc3)C(=O)C1S2. The molecule has 0 aliphatic carbocycles. The number of fused-ring (bicyclic) bond motifs is 2. The molecule has 0 N–H and O–H groups in total. The molecule has 3 aromatic rings. The lowest BCUT2D eigenvalue weighted by molar-refractivity contribution is -0.144. The van der Waals surface area contributed by atoms with E-state index >= 15 is 0 Å². The number of thiazole rings is 1. The molecule has 7 nitrogen and oxygen atoms in total. The van der Waals surface area contributed by atoms with E-state index in [9.17, 15) is 19.2 Å². The van der Waals surface area contributed by atoms with Gasteiger partial charge in [-0.3, -0.25) is 23.7 Å². The van der Waals surface area contributed by atoms with Gasteiger partial charge in [-0.2, -0.15) is 0 Å². The van der Waals surface area contributed by atoms with Gasteiger partial charge in [0.1, 0.15) is 11.8 Å². The van der Waals surface area contributed by atoms with E-state index in [0.29, 0.717) is 15.6 Å². The lowest BCUT2D eigenvalue weighted by atomic mass is 9.81. The van der Waals surface area contributed by atoms with Crippen LogP contribution in [0.3, 0.4) is 0 Å². The molecule has 2 unspecified atom stereocenters. The van der Waals surface area contributed by atoms with Gasteiger partial charge < -0.3 is 4.74 Å². The molecule has 3 atom stereocenters. The fraction of sp³-hybridized carbons (Fsp3) is 0.357. The van der Waals surface area contributed by atoms with E-state index in [1.54, 1.807) is 31.2 Å². The summed E-state index contributed by atoms with van der Waals surface area (Å²) in [4.78, 5) is 54.6. The molecule has 1 saturated heterocycles. The number of rotatable bonds is 5. The summed E-state index contributed by atoms with van der Waals surface area (Å²) < 4.78 is 6.47. The van der Waals surface area contributed by atoms with Crippen molar-refractivity contribution in [3.05, 3.63) is 80.3 Å². The molecule has 2 aromatic carbocycles. The van der Waals surface area contributed by atoms with Crippen LogP contribution in [-0.2, 0) is 31.1 Å². The molecule has 9 heteroatoms. The Kier molecular flexibility index (Phi) is 6.62. The summed E-state index contributed by atoms with van der Waals surface area (Å²) in [5.41, 5.74) is 2.49. The van der Waals surface area contributed by atoms with E-state index < -0.39 is 23.1 Å². The zero-order chi connectivity index (χ0) is 26.5. The molecular formula is C28H28N2O5S2.